The number of nitrogens with zero attached hydrogens (tertiary/aromatic N) is 3. The number of anilines is 3. The van der Waals surface area contributed by atoms with E-state index in [-0.39, 0.29) is 17.5 Å². The van der Waals surface area contributed by atoms with Crippen LogP contribution in [0, 0.1) is 17.0 Å². The first-order valence-electron chi connectivity index (χ1n) is 5.27. The number of rotatable bonds is 3. The van der Waals surface area contributed by atoms with E-state index in [1.807, 2.05) is 19.1 Å². The van der Waals surface area contributed by atoms with E-state index < -0.39 is 4.92 Å². The minimum absolute atomic E-state index is 0.0251. The zero-order valence-corrected chi connectivity index (χ0v) is 11.5. The van der Waals surface area contributed by atoms with Crippen LogP contribution >= 0.6 is 15.9 Å². The molecule has 0 radical (unpaired) electrons. The van der Waals surface area contributed by atoms with Crippen LogP contribution in [0.2, 0.25) is 0 Å². The topological polar surface area (TPSA) is 107 Å². The molecule has 7 nitrogen and oxygen atoms in total. The van der Waals surface area contributed by atoms with Gasteiger partial charge in [-0.1, -0.05) is 15.9 Å². The molecule has 2 aromatic rings. The Morgan fingerprint density at radius 3 is 2.84 bits per heavy atom. The molecule has 0 aliphatic carbocycles. The van der Waals surface area contributed by atoms with Gasteiger partial charge in [0.2, 0.25) is 11.8 Å². The predicted molar refractivity (Wildman–Crippen MR) is 75.3 cm³/mol. The molecule has 1 heterocycles. The first kappa shape index (κ1) is 13.2. The Morgan fingerprint density at radius 2 is 2.21 bits per heavy atom. The van der Waals surface area contributed by atoms with Crippen molar-refractivity contribution in [2.45, 2.75) is 6.92 Å². The quantitative estimate of drug-likeness (QED) is 0.664. The molecule has 8 heteroatoms. The van der Waals surface area contributed by atoms with Crippen molar-refractivity contribution in [3.05, 3.63) is 44.5 Å². The molecular formula is C11H10BrN5O2. The van der Waals surface area contributed by atoms with E-state index in [1.165, 1.54) is 0 Å². The lowest BCUT2D eigenvalue weighted by atomic mass is 10.2. The molecule has 1 aromatic carbocycles. The average Bonchev–Trinajstić information content (AvgIpc) is 2.32. The molecule has 0 aliphatic heterocycles. The van der Waals surface area contributed by atoms with E-state index in [2.05, 4.69) is 31.2 Å². The summed E-state index contributed by atoms with van der Waals surface area (Å²) < 4.78 is 0.923. The standard InChI is InChI=1S/C11H10BrN5O2/c1-6-4-7(12)2-3-8(6)15-10-9(17(18)19)5-14-11(13)16-10/h2-5H,1H3,(H3,13,14,15,16). The molecule has 0 spiro atoms. The molecule has 0 atom stereocenters. The Morgan fingerprint density at radius 1 is 1.47 bits per heavy atom. The first-order valence-corrected chi connectivity index (χ1v) is 6.07. The van der Waals surface area contributed by atoms with Gasteiger partial charge in [-0.25, -0.2) is 4.98 Å². The summed E-state index contributed by atoms with van der Waals surface area (Å²) in [5.41, 5.74) is 6.86. The van der Waals surface area contributed by atoms with Crippen LogP contribution in [0.5, 0.6) is 0 Å². The summed E-state index contributed by atoms with van der Waals surface area (Å²) in [7, 11) is 0. The van der Waals surface area contributed by atoms with Crippen molar-refractivity contribution in [1.29, 1.82) is 0 Å². The molecule has 0 aliphatic rings. The van der Waals surface area contributed by atoms with Crippen LogP contribution in [0.4, 0.5) is 23.1 Å². The van der Waals surface area contributed by atoms with Crippen molar-refractivity contribution < 1.29 is 4.92 Å². The molecule has 0 amide bonds. The summed E-state index contributed by atoms with van der Waals surface area (Å²) in [6.45, 7) is 1.88. The first-order chi connectivity index (χ1) is 8.97. The van der Waals surface area contributed by atoms with Gasteiger partial charge in [-0.2, -0.15) is 4.98 Å². The third-order valence-electron chi connectivity index (χ3n) is 2.43. The minimum atomic E-state index is -0.560. The van der Waals surface area contributed by atoms with E-state index in [9.17, 15) is 10.1 Å². The number of hydrogen-bond donors (Lipinski definition) is 2. The summed E-state index contributed by atoms with van der Waals surface area (Å²) in [6, 6.07) is 5.51. The van der Waals surface area contributed by atoms with Crippen molar-refractivity contribution in [3.8, 4) is 0 Å². The third kappa shape index (κ3) is 2.97. The van der Waals surface area contributed by atoms with Crippen molar-refractivity contribution in [2.75, 3.05) is 11.1 Å². The highest BCUT2D eigenvalue weighted by atomic mass is 79.9. The maximum absolute atomic E-state index is 10.9. The smallest absolute Gasteiger partial charge is 0.329 e. The van der Waals surface area contributed by atoms with Crippen LogP contribution in [-0.2, 0) is 0 Å². The van der Waals surface area contributed by atoms with Crippen molar-refractivity contribution in [1.82, 2.24) is 9.97 Å². The Kier molecular flexibility index (Phi) is 3.61. The molecule has 0 unspecified atom stereocenters. The van der Waals surface area contributed by atoms with Gasteiger partial charge in [0.1, 0.15) is 6.20 Å². The van der Waals surface area contributed by atoms with Crippen LogP contribution < -0.4 is 11.1 Å². The zero-order chi connectivity index (χ0) is 14.0. The maximum Gasteiger partial charge on any atom is 0.329 e. The van der Waals surface area contributed by atoms with E-state index in [1.54, 1.807) is 6.07 Å². The van der Waals surface area contributed by atoms with Gasteiger partial charge in [0.05, 0.1) is 4.92 Å². The van der Waals surface area contributed by atoms with Gasteiger partial charge in [-0.3, -0.25) is 10.1 Å². The van der Waals surface area contributed by atoms with Crippen molar-refractivity contribution in [2.24, 2.45) is 0 Å². The van der Waals surface area contributed by atoms with Gasteiger partial charge < -0.3 is 11.1 Å². The van der Waals surface area contributed by atoms with Crippen LogP contribution in [0.15, 0.2) is 28.9 Å². The van der Waals surface area contributed by atoms with Gasteiger partial charge >= 0.3 is 5.69 Å². The second-order valence-electron chi connectivity index (χ2n) is 3.80. The van der Waals surface area contributed by atoms with Crippen LogP contribution in [0.25, 0.3) is 0 Å². The molecule has 0 saturated heterocycles. The maximum atomic E-state index is 10.9. The molecule has 19 heavy (non-hydrogen) atoms. The largest absolute Gasteiger partial charge is 0.368 e. The number of nitrogens with one attached hydrogen (secondary N) is 1. The Labute approximate surface area is 117 Å². The number of benzene rings is 1. The fourth-order valence-electron chi connectivity index (χ4n) is 1.51. The van der Waals surface area contributed by atoms with E-state index >= 15 is 0 Å². The predicted octanol–water partition coefficient (Wildman–Crippen LogP) is 2.78. The summed E-state index contributed by atoms with van der Waals surface area (Å²) >= 11 is 3.35. The minimum Gasteiger partial charge on any atom is -0.368 e. The second kappa shape index (κ2) is 5.19. The zero-order valence-electron chi connectivity index (χ0n) is 9.92. The van der Waals surface area contributed by atoms with Crippen LogP contribution in [0.3, 0.4) is 0 Å². The molecule has 0 saturated carbocycles. The fraction of sp³-hybridized carbons (Fsp3) is 0.0909. The monoisotopic (exact) mass is 323 g/mol. The van der Waals surface area contributed by atoms with E-state index in [0.717, 1.165) is 16.2 Å². The van der Waals surface area contributed by atoms with Crippen molar-refractivity contribution in [3.63, 3.8) is 0 Å². The van der Waals surface area contributed by atoms with Crippen molar-refractivity contribution >= 4 is 39.1 Å². The van der Waals surface area contributed by atoms with Gasteiger partial charge in [-0.15, -0.1) is 0 Å². The normalized spacial score (nSPS) is 10.2. The number of aryl methyl sites for hydroxylation is 1. The second-order valence-corrected chi connectivity index (χ2v) is 4.72. The fourth-order valence-corrected chi connectivity index (χ4v) is 1.99. The molecule has 3 N–H and O–H groups in total. The number of nitro groups is 1. The summed E-state index contributed by atoms with van der Waals surface area (Å²) in [5, 5.41) is 13.8. The van der Waals surface area contributed by atoms with Crippen LogP contribution in [0.1, 0.15) is 5.56 Å². The number of nitrogens with two attached hydrogens (primary N) is 1. The summed E-state index contributed by atoms with van der Waals surface area (Å²) in [6.07, 6.45) is 1.08. The third-order valence-corrected chi connectivity index (χ3v) is 2.92. The average molecular weight is 324 g/mol. The van der Waals surface area contributed by atoms with E-state index in [4.69, 9.17) is 5.73 Å². The number of aromatic nitrogens is 2. The molecule has 1 aromatic heterocycles. The lowest BCUT2D eigenvalue weighted by molar-refractivity contribution is -0.384. The summed E-state index contributed by atoms with van der Waals surface area (Å²) in [4.78, 5) is 17.8. The SMILES string of the molecule is Cc1cc(Br)ccc1Nc1nc(N)ncc1[N+](=O)[O-]. The summed E-state index contributed by atoms with van der Waals surface area (Å²) in [5.74, 6) is 0.0470. The van der Waals surface area contributed by atoms with Gasteiger partial charge in [0.25, 0.3) is 0 Å². The lowest BCUT2D eigenvalue weighted by Gasteiger charge is -2.09. The molecule has 2 rings (SSSR count). The Hall–Kier alpha value is -2.22. The number of halogens is 1. The lowest BCUT2D eigenvalue weighted by Crippen LogP contribution is -2.04. The Balaban J connectivity index is 2.42. The van der Waals surface area contributed by atoms with Gasteiger partial charge in [0.15, 0.2) is 0 Å². The van der Waals surface area contributed by atoms with E-state index in [0.29, 0.717) is 5.69 Å². The van der Waals surface area contributed by atoms with Gasteiger partial charge in [0, 0.05) is 10.2 Å². The molecule has 98 valence electrons. The highest BCUT2D eigenvalue weighted by Crippen LogP contribution is 2.28. The highest BCUT2D eigenvalue weighted by Gasteiger charge is 2.17. The molecule has 0 bridgehead atoms. The Bertz CT molecular complexity index is 647. The van der Waals surface area contributed by atoms with Crippen LogP contribution in [-0.4, -0.2) is 14.9 Å². The molecule has 0 fully saturated rings. The van der Waals surface area contributed by atoms with Gasteiger partial charge in [-0.05, 0) is 30.7 Å². The number of hydrogen-bond acceptors (Lipinski definition) is 6. The number of nitrogen functional groups attached to an aromatic ring is 1. The molecular weight excluding hydrogens is 314 g/mol. The highest BCUT2D eigenvalue weighted by molar-refractivity contribution is 9.10.